The third-order valence-electron chi connectivity index (χ3n) is 3.70. The average molecular weight is 349 g/mol. The highest BCUT2D eigenvalue weighted by Gasteiger charge is 2.10. The number of carboxylic acid groups (broad SMARTS) is 1. The first-order chi connectivity index (χ1) is 12.1. The van der Waals surface area contributed by atoms with E-state index in [-0.39, 0.29) is 10.6 Å². The van der Waals surface area contributed by atoms with Gasteiger partial charge < -0.3 is 10.2 Å². The van der Waals surface area contributed by atoms with E-state index in [2.05, 4.69) is 15.0 Å². The number of carboxylic acids is 1. The van der Waals surface area contributed by atoms with Crippen LogP contribution in [0.1, 0.15) is 9.67 Å². The van der Waals surface area contributed by atoms with Crippen LogP contribution in [0.15, 0.2) is 54.2 Å². The second-order valence-electron chi connectivity index (χ2n) is 5.37. The number of hydrogen-bond acceptors (Lipinski definition) is 6. The number of phenolic OH excluding ortho intramolecular Hbond substituents is 1. The van der Waals surface area contributed by atoms with Crippen molar-refractivity contribution >= 4 is 28.3 Å². The first kappa shape index (κ1) is 15.2. The van der Waals surface area contributed by atoms with Crippen molar-refractivity contribution in [3.8, 4) is 28.3 Å². The van der Waals surface area contributed by atoms with Gasteiger partial charge in [0.05, 0.1) is 11.7 Å². The summed E-state index contributed by atoms with van der Waals surface area (Å²) >= 11 is 1.18. The van der Waals surface area contributed by atoms with Gasteiger partial charge in [0.2, 0.25) is 0 Å². The highest BCUT2D eigenvalue weighted by Crippen LogP contribution is 2.27. The van der Waals surface area contributed by atoms with E-state index in [1.165, 1.54) is 11.3 Å². The number of aromatic hydroxyl groups is 1. The van der Waals surface area contributed by atoms with Crippen molar-refractivity contribution in [2.24, 2.45) is 0 Å². The number of carbonyl (C=O) groups is 1. The standard InChI is InChI=1S/C18H11N3O3S/c22-13-3-1-10(2-4-13)17-20-8-15-14(21-17)5-11(7-19-15)12-6-16(18(23)24)25-9-12/h1-9,22H,(H,23,24). The minimum Gasteiger partial charge on any atom is -0.508 e. The lowest BCUT2D eigenvalue weighted by atomic mass is 10.1. The van der Waals surface area contributed by atoms with E-state index in [4.69, 9.17) is 5.11 Å². The number of benzene rings is 1. The summed E-state index contributed by atoms with van der Waals surface area (Å²) in [6, 6.07) is 10.1. The smallest absolute Gasteiger partial charge is 0.345 e. The fourth-order valence-electron chi connectivity index (χ4n) is 2.43. The van der Waals surface area contributed by atoms with Crippen molar-refractivity contribution in [3.05, 3.63) is 59.0 Å². The lowest BCUT2D eigenvalue weighted by Crippen LogP contribution is -1.92. The molecule has 25 heavy (non-hydrogen) atoms. The van der Waals surface area contributed by atoms with Gasteiger partial charge in [-0.2, -0.15) is 0 Å². The predicted octanol–water partition coefficient (Wildman–Crippen LogP) is 3.82. The van der Waals surface area contributed by atoms with E-state index in [1.54, 1.807) is 48.1 Å². The topological polar surface area (TPSA) is 96.2 Å². The van der Waals surface area contributed by atoms with Gasteiger partial charge in [-0.05, 0) is 47.3 Å². The van der Waals surface area contributed by atoms with E-state index in [0.717, 1.165) is 16.7 Å². The second kappa shape index (κ2) is 5.95. The Morgan fingerprint density at radius 1 is 0.920 bits per heavy atom. The molecule has 7 heteroatoms. The summed E-state index contributed by atoms with van der Waals surface area (Å²) in [5.74, 6) is -0.231. The molecule has 3 aromatic heterocycles. The largest absolute Gasteiger partial charge is 0.508 e. The first-order valence-electron chi connectivity index (χ1n) is 7.34. The Morgan fingerprint density at radius 2 is 1.72 bits per heavy atom. The molecular weight excluding hydrogens is 338 g/mol. The number of phenols is 1. The van der Waals surface area contributed by atoms with Gasteiger partial charge in [0.25, 0.3) is 0 Å². The molecule has 4 rings (SSSR count). The van der Waals surface area contributed by atoms with Crippen molar-refractivity contribution < 1.29 is 15.0 Å². The fraction of sp³-hybridized carbons (Fsp3) is 0. The minimum atomic E-state index is -0.943. The van der Waals surface area contributed by atoms with Crippen LogP contribution in [0.25, 0.3) is 33.5 Å². The number of aromatic nitrogens is 3. The molecule has 0 aliphatic heterocycles. The maximum absolute atomic E-state index is 11.0. The molecule has 3 heterocycles. The molecule has 0 saturated heterocycles. The second-order valence-corrected chi connectivity index (χ2v) is 6.28. The summed E-state index contributed by atoms with van der Waals surface area (Å²) in [5.41, 5.74) is 3.70. The van der Waals surface area contributed by atoms with Crippen LogP contribution >= 0.6 is 11.3 Å². The van der Waals surface area contributed by atoms with Crippen molar-refractivity contribution in [1.82, 2.24) is 15.0 Å². The summed E-state index contributed by atoms with van der Waals surface area (Å²) < 4.78 is 0. The van der Waals surface area contributed by atoms with Crippen LogP contribution in [0.5, 0.6) is 5.75 Å². The number of thiophene rings is 1. The summed E-state index contributed by atoms with van der Waals surface area (Å²) in [5, 5.41) is 20.2. The van der Waals surface area contributed by atoms with Crippen LogP contribution < -0.4 is 0 Å². The molecule has 0 saturated carbocycles. The zero-order valence-corrected chi connectivity index (χ0v) is 13.6. The average Bonchev–Trinajstić information content (AvgIpc) is 3.12. The highest BCUT2D eigenvalue weighted by atomic mass is 32.1. The van der Waals surface area contributed by atoms with E-state index in [1.807, 2.05) is 6.07 Å². The van der Waals surface area contributed by atoms with Crippen LogP contribution in [-0.4, -0.2) is 31.1 Å². The highest BCUT2D eigenvalue weighted by molar-refractivity contribution is 7.12. The molecule has 0 amide bonds. The van der Waals surface area contributed by atoms with Crippen molar-refractivity contribution in [3.63, 3.8) is 0 Å². The Hall–Kier alpha value is -3.32. The summed E-state index contributed by atoms with van der Waals surface area (Å²) in [4.78, 5) is 24.5. The lowest BCUT2D eigenvalue weighted by molar-refractivity contribution is 0.0702. The number of hydrogen-bond donors (Lipinski definition) is 2. The number of nitrogens with zero attached hydrogens (tertiary/aromatic N) is 3. The first-order valence-corrected chi connectivity index (χ1v) is 8.22. The Labute approximate surface area is 146 Å². The third kappa shape index (κ3) is 2.92. The SMILES string of the molecule is O=C(O)c1cc(-c2cnc3cnc(-c4ccc(O)cc4)nc3c2)cs1. The minimum absolute atomic E-state index is 0.181. The zero-order chi connectivity index (χ0) is 17.4. The quantitative estimate of drug-likeness (QED) is 0.584. The van der Waals surface area contributed by atoms with E-state index in [9.17, 15) is 9.90 Å². The molecule has 122 valence electrons. The summed E-state index contributed by atoms with van der Waals surface area (Å²) in [6.07, 6.45) is 3.32. The molecule has 0 radical (unpaired) electrons. The fourth-order valence-corrected chi connectivity index (χ4v) is 3.18. The van der Waals surface area contributed by atoms with E-state index in [0.29, 0.717) is 16.9 Å². The van der Waals surface area contributed by atoms with E-state index < -0.39 is 5.97 Å². The molecule has 1 aromatic carbocycles. The van der Waals surface area contributed by atoms with Gasteiger partial charge in [-0.1, -0.05) is 0 Å². The van der Waals surface area contributed by atoms with Gasteiger partial charge >= 0.3 is 5.97 Å². The van der Waals surface area contributed by atoms with Crippen molar-refractivity contribution in [1.29, 1.82) is 0 Å². The molecule has 0 fully saturated rings. The molecule has 0 bridgehead atoms. The van der Waals surface area contributed by atoms with E-state index >= 15 is 0 Å². The van der Waals surface area contributed by atoms with Gasteiger partial charge in [0, 0.05) is 17.3 Å². The monoisotopic (exact) mass is 349 g/mol. The van der Waals surface area contributed by atoms with Crippen LogP contribution in [-0.2, 0) is 0 Å². The Morgan fingerprint density at radius 3 is 2.44 bits per heavy atom. The van der Waals surface area contributed by atoms with Gasteiger partial charge in [0.1, 0.15) is 16.1 Å². The van der Waals surface area contributed by atoms with Gasteiger partial charge in [-0.25, -0.2) is 14.8 Å². The molecule has 6 nitrogen and oxygen atoms in total. The van der Waals surface area contributed by atoms with Gasteiger partial charge in [-0.3, -0.25) is 4.98 Å². The third-order valence-corrected chi connectivity index (χ3v) is 4.62. The van der Waals surface area contributed by atoms with Crippen molar-refractivity contribution in [2.75, 3.05) is 0 Å². The molecule has 0 spiro atoms. The van der Waals surface area contributed by atoms with Gasteiger partial charge in [0.15, 0.2) is 5.82 Å². The Kier molecular flexibility index (Phi) is 3.62. The molecule has 2 N–H and O–H groups in total. The van der Waals surface area contributed by atoms with Crippen LogP contribution in [0.4, 0.5) is 0 Å². The molecule has 0 atom stereocenters. The molecular formula is C18H11N3O3S. The normalized spacial score (nSPS) is 10.9. The zero-order valence-electron chi connectivity index (χ0n) is 12.7. The summed E-state index contributed by atoms with van der Waals surface area (Å²) in [6.45, 7) is 0. The molecule has 4 aromatic rings. The van der Waals surface area contributed by atoms with Crippen LogP contribution in [0.2, 0.25) is 0 Å². The number of fused-ring (bicyclic) bond motifs is 1. The number of pyridine rings is 1. The van der Waals surface area contributed by atoms with Crippen molar-refractivity contribution in [2.45, 2.75) is 0 Å². The molecule has 0 aliphatic carbocycles. The Bertz CT molecular complexity index is 1090. The molecule has 0 unspecified atom stereocenters. The van der Waals surface area contributed by atoms with Gasteiger partial charge in [-0.15, -0.1) is 11.3 Å². The maximum atomic E-state index is 11.0. The summed E-state index contributed by atoms with van der Waals surface area (Å²) in [7, 11) is 0. The number of aromatic carboxylic acids is 1. The Balaban J connectivity index is 1.78. The van der Waals surface area contributed by atoms with Crippen LogP contribution in [0, 0.1) is 0 Å². The lowest BCUT2D eigenvalue weighted by Gasteiger charge is -2.04. The van der Waals surface area contributed by atoms with Crippen LogP contribution in [0.3, 0.4) is 0 Å². The molecule has 0 aliphatic rings. The maximum Gasteiger partial charge on any atom is 0.345 e. The predicted molar refractivity (Wildman–Crippen MR) is 94.7 cm³/mol. The number of rotatable bonds is 3.